The minimum Gasteiger partial charge on any atom is -0.369 e. The van der Waals surface area contributed by atoms with E-state index in [9.17, 15) is 13.6 Å². The van der Waals surface area contributed by atoms with Crippen LogP contribution in [0.3, 0.4) is 0 Å². The van der Waals surface area contributed by atoms with Crippen molar-refractivity contribution < 1.29 is 8.78 Å². The van der Waals surface area contributed by atoms with Crippen LogP contribution in [0, 0.1) is 24.5 Å². The number of anilines is 1. The highest BCUT2D eigenvalue weighted by molar-refractivity contribution is 5.87. The van der Waals surface area contributed by atoms with E-state index in [2.05, 4.69) is 20.8 Å². The predicted molar refractivity (Wildman–Crippen MR) is 127 cm³/mol. The van der Waals surface area contributed by atoms with Gasteiger partial charge in [0.1, 0.15) is 23.1 Å². The number of nitrogens with zero attached hydrogens (tertiary/aromatic N) is 4. The fourth-order valence-electron chi connectivity index (χ4n) is 4.38. The zero-order valence-electron chi connectivity index (χ0n) is 18.8. The Labute approximate surface area is 195 Å². The first-order valence-corrected chi connectivity index (χ1v) is 11.1. The van der Waals surface area contributed by atoms with Gasteiger partial charge in [-0.05, 0) is 49.9 Å². The molecule has 174 valence electrons. The third-order valence-corrected chi connectivity index (χ3v) is 6.02. The van der Waals surface area contributed by atoms with E-state index in [1.807, 2.05) is 38.2 Å². The molecule has 1 aliphatic heterocycles. The van der Waals surface area contributed by atoms with Crippen molar-refractivity contribution in [3.05, 3.63) is 82.1 Å². The molecule has 0 spiro atoms. The van der Waals surface area contributed by atoms with E-state index in [-0.39, 0.29) is 22.7 Å². The Bertz CT molecular complexity index is 1430. The Morgan fingerprint density at radius 1 is 1.12 bits per heavy atom. The number of halogens is 2. The average Bonchev–Trinajstić information content (AvgIpc) is 3.20. The predicted octanol–water partition coefficient (Wildman–Crippen LogP) is 3.61. The van der Waals surface area contributed by atoms with Crippen LogP contribution in [0.5, 0.6) is 0 Å². The maximum absolute atomic E-state index is 14.9. The molecule has 7 nitrogen and oxygen atoms in total. The first-order chi connectivity index (χ1) is 16.5. The number of benzene rings is 2. The summed E-state index contributed by atoms with van der Waals surface area (Å²) in [6, 6.07) is 13.8. The average molecular weight is 463 g/mol. The number of fused-ring (bicyclic) bond motifs is 1. The molecule has 9 heteroatoms. The second-order valence-electron chi connectivity index (χ2n) is 8.44. The number of hydrogen-bond donors (Lipinski definition) is 2. The summed E-state index contributed by atoms with van der Waals surface area (Å²) in [6.07, 6.45) is 0. The van der Waals surface area contributed by atoms with Gasteiger partial charge in [-0.3, -0.25) is 4.79 Å². The summed E-state index contributed by atoms with van der Waals surface area (Å²) in [7, 11) is 1.89. The molecular weight excluding hydrogens is 438 g/mol. The van der Waals surface area contributed by atoms with Crippen LogP contribution in [0.2, 0.25) is 0 Å². The van der Waals surface area contributed by atoms with E-state index in [1.165, 1.54) is 10.7 Å². The summed E-state index contributed by atoms with van der Waals surface area (Å²) < 4.78 is 32.1. The van der Waals surface area contributed by atoms with Crippen LogP contribution in [0.25, 0.3) is 28.2 Å². The summed E-state index contributed by atoms with van der Waals surface area (Å²) in [5.74, 6) is -0.220. The van der Waals surface area contributed by atoms with Crippen LogP contribution >= 0.6 is 0 Å². The second kappa shape index (κ2) is 8.83. The van der Waals surface area contributed by atoms with Crippen LogP contribution in [-0.4, -0.2) is 39.7 Å². The number of para-hydroxylation sites is 1. The molecule has 4 aromatic rings. The molecular formula is C25H24F2N6O. The van der Waals surface area contributed by atoms with Gasteiger partial charge in [-0.25, -0.2) is 13.5 Å². The lowest BCUT2D eigenvalue weighted by Crippen LogP contribution is -2.34. The lowest BCUT2D eigenvalue weighted by Gasteiger charge is -2.25. The third-order valence-electron chi connectivity index (χ3n) is 6.02. The normalized spacial score (nSPS) is 15.1. The van der Waals surface area contributed by atoms with Crippen LogP contribution in [-0.2, 0) is 6.54 Å². The summed E-state index contributed by atoms with van der Waals surface area (Å²) in [6.45, 7) is 3.96. The van der Waals surface area contributed by atoms with Crippen molar-refractivity contribution in [1.82, 2.24) is 24.9 Å². The van der Waals surface area contributed by atoms with Gasteiger partial charge in [0, 0.05) is 37.2 Å². The molecule has 0 fully saturated rings. The topological polar surface area (TPSA) is 76.8 Å². The maximum Gasteiger partial charge on any atom is 0.271 e. The van der Waals surface area contributed by atoms with Gasteiger partial charge in [-0.1, -0.05) is 18.2 Å². The summed E-state index contributed by atoms with van der Waals surface area (Å²) in [5, 5.41) is 15.9. The SMILES string of the molecule is CNCC1CNc2c(-c3ccc(=O)n(-c4ccccc4C)n3)c(-c3cc(F)ccc3F)nn2C1. The quantitative estimate of drug-likeness (QED) is 0.474. The number of aryl methyl sites for hydroxylation is 1. The van der Waals surface area contributed by atoms with E-state index in [0.29, 0.717) is 35.9 Å². The summed E-state index contributed by atoms with van der Waals surface area (Å²) >= 11 is 0. The number of aromatic nitrogens is 4. The smallest absolute Gasteiger partial charge is 0.271 e. The van der Waals surface area contributed by atoms with Crippen LogP contribution in [0.4, 0.5) is 14.6 Å². The molecule has 0 saturated heterocycles. The molecule has 0 saturated carbocycles. The van der Waals surface area contributed by atoms with Crippen molar-refractivity contribution in [2.75, 3.05) is 25.5 Å². The minimum absolute atomic E-state index is 0.0410. The molecule has 0 amide bonds. The monoisotopic (exact) mass is 462 g/mol. The Morgan fingerprint density at radius 2 is 1.94 bits per heavy atom. The largest absolute Gasteiger partial charge is 0.369 e. The van der Waals surface area contributed by atoms with Gasteiger partial charge in [0.05, 0.1) is 16.9 Å². The number of nitrogens with one attached hydrogen (secondary N) is 2. The zero-order valence-corrected chi connectivity index (χ0v) is 18.8. The minimum atomic E-state index is -0.586. The third kappa shape index (κ3) is 3.88. The Morgan fingerprint density at radius 3 is 2.74 bits per heavy atom. The Balaban J connectivity index is 1.73. The zero-order chi connectivity index (χ0) is 23.8. The molecule has 2 aromatic carbocycles. The van der Waals surface area contributed by atoms with Crippen molar-refractivity contribution in [2.24, 2.45) is 5.92 Å². The molecule has 0 bridgehead atoms. The van der Waals surface area contributed by atoms with E-state index < -0.39 is 11.6 Å². The highest BCUT2D eigenvalue weighted by Gasteiger charge is 2.29. The molecule has 1 atom stereocenters. The summed E-state index contributed by atoms with van der Waals surface area (Å²) in [5.41, 5.74) is 2.51. The van der Waals surface area contributed by atoms with E-state index in [1.54, 1.807) is 10.7 Å². The fourth-order valence-corrected chi connectivity index (χ4v) is 4.38. The van der Waals surface area contributed by atoms with Crippen molar-refractivity contribution in [1.29, 1.82) is 0 Å². The molecule has 2 N–H and O–H groups in total. The van der Waals surface area contributed by atoms with Gasteiger partial charge in [-0.2, -0.15) is 14.9 Å². The molecule has 34 heavy (non-hydrogen) atoms. The molecule has 2 aromatic heterocycles. The van der Waals surface area contributed by atoms with Crippen LogP contribution in [0.15, 0.2) is 59.4 Å². The van der Waals surface area contributed by atoms with Gasteiger partial charge < -0.3 is 10.6 Å². The molecule has 3 heterocycles. The van der Waals surface area contributed by atoms with Crippen LogP contribution in [0.1, 0.15) is 5.56 Å². The number of hydrogen-bond acceptors (Lipinski definition) is 5. The van der Waals surface area contributed by atoms with Gasteiger partial charge in [0.25, 0.3) is 5.56 Å². The molecule has 5 rings (SSSR count). The summed E-state index contributed by atoms with van der Waals surface area (Å²) in [4.78, 5) is 12.7. The molecule has 1 unspecified atom stereocenters. The lowest BCUT2D eigenvalue weighted by atomic mass is 10.0. The van der Waals surface area contributed by atoms with Crippen molar-refractivity contribution >= 4 is 5.82 Å². The van der Waals surface area contributed by atoms with Crippen LogP contribution < -0.4 is 16.2 Å². The van der Waals surface area contributed by atoms with E-state index in [4.69, 9.17) is 0 Å². The van der Waals surface area contributed by atoms with Gasteiger partial charge >= 0.3 is 0 Å². The fraction of sp³-hybridized carbons (Fsp3) is 0.240. The molecule has 0 aliphatic carbocycles. The van der Waals surface area contributed by atoms with Crippen molar-refractivity contribution in [3.63, 3.8) is 0 Å². The van der Waals surface area contributed by atoms with Gasteiger partial charge in [-0.15, -0.1) is 0 Å². The van der Waals surface area contributed by atoms with Crippen molar-refractivity contribution in [2.45, 2.75) is 13.5 Å². The van der Waals surface area contributed by atoms with Crippen molar-refractivity contribution in [3.8, 4) is 28.2 Å². The lowest BCUT2D eigenvalue weighted by molar-refractivity contribution is 0.403. The maximum atomic E-state index is 14.9. The first kappa shape index (κ1) is 22.0. The van der Waals surface area contributed by atoms with Gasteiger partial charge in [0.15, 0.2) is 0 Å². The first-order valence-electron chi connectivity index (χ1n) is 11.1. The Hall–Kier alpha value is -3.85. The Kier molecular flexibility index (Phi) is 5.70. The van der Waals surface area contributed by atoms with E-state index in [0.717, 1.165) is 30.3 Å². The highest BCUT2D eigenvalue weighted by atomic mass is 19.1. The second-order valence-corrected chi connectivity index (χ2v) is 8.44. The standard InChI is InChI=1S/C25H24F2N6O/c1-15-5-3-4-6-21(15)33-22(34)10-9-20(30-33)23-24(18-11-17(26)7-8-19(18)27)31-32-14-16(12-28-2)13-29-25(23)32/h3-11,16,28-29H,12-14H2,1-2H3. The molecule has 1 aliphatic rings. The highest BCUT2D eigenvalue weighted by Crippen LogP contribution is 2.39. The van der Waals surface area contributed by atoms with Gasteiger partial charge in [0.2, 0.25) is 0 Å². The van der Waals surface area contributed by atoms with E-state index >= 15 is 0 Å². The number of rotatable bonds is 5. The molecule has 0 radical (unpaired) electrons.